The van der Waals surface area contributed by atoms with Gasteiger partial charge in [0, 0.05) is 6.08 Å². The molecule has 2 aromatic carbocycles. The minimum Gasteiger partial charge on any atom is -0.487 e. The van der Waals surface area contributed by atoms with E-state index in [4.69, 9.17) is 9.84 Å². The maximum Gasteiger partial charge on any atom is 0.328 e. The van der Waals surface area contributed by atoms with Crippen LogP contribution in [0.3, 0.4) is 0 Å². The normalized spacial score (nSPS) is 15.6. The lowest BCUT2D eigenvalue weighted by molar-refractivity contribution is -0.131. The Kier molecular flexibility index (Phi) is 5.32. The molecule has 0 atom stereocenters. The molecule has 8 nitrogen and oxygen atoms in total. The van der Waals surface area contributed by atoms with E-state index >= 15 is 0 Å². The Labute approximate surface area is 160 Å². The average Bonchev–Trinajstić information content (AvgIpc) is 2.90. The van der Waals surface area contributed by atoms with Crippen molar-refractivity contribution in [3.63, 3.8) is 0 Å². The van der Waals surface area contributed by atoms with Gasteiger partial charge >= 0.3 is 16.2 Å². The molecular weight excluding hydrogens is 391 g/mol. The van der Waals surface area contributed by atoms with Crippen LogP contribution in [0.25, 0.3) is 6.08 Å². The van der Waals surface area contributed by atoms with Crippen LogP contribution >= 0.6 is 0 Å². The van der Waals surface area contributed by atoms with E-state index in [0.717, 1.165) is 23.8 Å². The number of benzene rings is 2. The van der Waals surface area contributed by atoms with Gasteiger partial charge in [-0.25, -0.2) is 18.2 Å². The molecule has 2 aromatic rings. The van der Waals surface area contributed by atoms with E-state index < -0.39 is 40.1 Å². The van der Waals surface area contributed by atoms with Crippen LogP contribution in [0.5, 0.6) is 5.75 Å². The first-order valence-electron chi connectivity index (χ1n) is 8.01. The Morgan fingerprint density at radius 3 is 2.61 bits per heavy atom. The molecule has 146 valence electrons. The van der Waals surface area contributed by atoms with Gasteiger partial charge in [0.15, 0.2) is 5.82 Å². The number of amides is 1. The van der Waals surface area contributed by atoms with E-state index in [1.165, 1.54) is 6.07 Å². The van der Waals surface area contributed by atoms with Gasteiger partial charge in [-0.1, -0.05) is 30.3 Å². The van der Waals surface area contributed by atoms with Crippen LogP contribution in [0.15, 0.2) is 48.5 Å². The number of halogens is 1. The SMILES string of the molecule is O=C(O)C=Cc1cc(F)c(N2CC(=O)NS2(=O)=O)c(OCc2ccccc2)c1. The van der Waals surface area contributed by atoms with Gasteiger partial charge < -0.3 is 9.84 Å². The predicted molar refractivity (Wildman–Crippen MR) is 98.3 cm³/mol. The molecule has 3 rings (SSSR count). The third-order valence-electron chi connectivity index (χ3n) is 3.78. The zero-order valence-corrected chi connectivity index (χ0v) is 15.1. The molecule has 2 N–H and O–H groups in total. The molecule has 0 bridgehead atoms. The Bertz CT molecular complexity index is 1050. The second-order valence-electron chi connectivity index (χ2n) is 5.83. The van der Waals surface area contributed by atoms with Crippen molar-refractivity contribution in [1.29, 1.82) is 0 Å². The summed E-state index contributed by atoms with van der Waals surface area (Å²) in [5.41, 5.74) is 0.475. The van der Waals surface area contributed by atoms with E-state index in [-0.39, 0.29) is 17.9 Å². The second kappa shape index (κ2) is 7.69. The highest BCUT2D eigenvalue weighted by atomic mass is 32.2. The summed E-state index contributed by atoms with van der Waals surface area (Å²) >= 11 is 0. The number of carboxylic acid groups (broad SMARTS) is 1. The van der Waals surface area contributed by atoms with Crippen molar-refractivity contribution in [2.45, 2.75) is 6.61 Å². The summed E-state index contributed by atoms with van der Waals surface area (Å²) in [7, 11) is -4.25. The summed E-state index contributed by atoms with van der Waals surface area (Å²) in [5, 5.41) is 8.75. The summed E-state index contributed by atoms with van der Waals surface area (Å²) in [5.74, 6) is -3.15. The standard InChI is InChI=1S/C18H15FN2O6S/c19-14-8-13(6-7-17(23)24)9-15(27-11-12-4-2-1-3-5-12)18(14)21-10-16(22)20-28(21,25)26/h1-9H,10-11H2,(H,20,22)(H,23,24). The van der Waals surface area contributed by atoms with E-state index in [1.54, 1.807) is 35.1 Å². The maximum absolute atomic E-state index is 14.8. The Hall–Kier alpha value is -3.40. The molecule has 1 heterocycles. The lowest BCUT2D eigenvalue weighted by Crippen LogP contribution is -2.30. The van der Waals surface area contributed by atoms with Gasteiger partial charge in [-0.3, -0.25) is 4.79 Å². The van der Waals surface area contributed by atoms with Crippen molar-refractivity contribution < 1.29 is 32.2 Å². The highest BCUT2D eigenvalue weighted by Gasteiger charge is 2.37. The van der Waals surface area contributed by atoms with Crippen molar-refractivity contribution in [3.05, 3.63) is 65.5 Å². The molecule has 0 radical (unpaired) electrons. The fourth-order valence-corrected chi connectivity index (χ4v) is 3.76. The number of ether oxygens (including phenoxy) is 1. The number of hydrogen-bond donors (Lipinski definition) is 2. The fraction of sp³-hybridized carbons (Fsp3) is 0.111. The number of rotatable bonds is 6. The first kappa shape index (κ1) is 19.4. The van der Waals surface area contributed by atoms with Crippen LogP contribution in [0, 0.1) is 5.82 Å². The number of nitrogens with one attached hydrogen (secondary N) is 1. The van der Waals surface area contributed by atoms with Gasteiger partial charge in [0.25, 0.3) is 5.91 Å². The molecule has 1 amide bonds. The zero-order chi connectivity index (χ0) is 20.3. The molecule has 1 fully saturated rings. The summed E-state index contributed by atoms with van der Waals surface area (Å²) in [6.07, 6.45) is 1.96. The van der Waals surface area contributed by atoms with Crippen LogP contribution in [-0.4, -0.2) is 31.9 Å². The van der Waals surface area contributed by atoms with Gasteiger partial charge in [0.1, 0.15) is 24.6 Å². The van der Waals surface area contributed by atoms with E-state index in [9.17, 15) is 22.4 Å². The molecule has 0 spiro atoms. The van der Waals surface area contributed by atoms with Gasteiger partial charge in [0.05, 0.1) is 0 Å². The van der Waals surface area contributed by atoms with Gasteiger partial charge in [-0.2, -0.15) is 8.42 Å². The Balaban J connectivity index is 2.04. The molecule has 0 unspecified atom stereocenters. The molecule has 0 saturated carbocycles. The fourth-order valence-electron chi connectivity index (χ4n) is 2.59. The largest absolute Gasteiger partial charge is 0.487 e. The summed E-state index contributed by atoms with van der Waals surface area (Å²) in [6.45, 7) is -0.583. The smallest absolute Gasteiger partial charge is 0.328 e. The second-order valence-corrected chi connectivity index (χ2v) is 7.43. The highest BCUT2D eigenvalue weighted by molar-refractivity contribution is 7.92. The monoisotopic (exact) mass is 406 g/mol. The van der Waals surface area contributed by atoms with Crippen LogP contribution in [0.1, 0.15) is 11.1 Å². The lowest BCUT2D eigenvalue weighted by Gasteiger charge is -2.20. The number of hydrogen-bond acceptors (Lipinski definition) is 5. The van der Waals surface area contributed by atoms with E-state index in [1.807, 2.05) is 0 Å². The third-order valence-corrected chi connectivity index (χ3v) is 5.15. The van der Waals surface area contributed by atoms with Crippen LogP contribution in [0.2, 0.25) is 0 Å². The summed E-state index contributed by atoms with van der Waals surface area (Å²) in [4.78, 5) is 22.2. The van der Waals surface area contributed by atoms with E-state index in [0.29, 0.717) is 4.31 Å². The number of anilines is 1. The third kappa shape index (κ3) is 4.29. The first-order valence-corrected chi connectivity index (χ1v) is 9.45. The van der Waals surface area contributed by atoms with Crippen molar-refractivity contribution in [3.8, 4) is 5.75 Å². The van der Waals surface area contributed by atoms with Crippen LogP contribution in [-0.2, 0) is 26.4 Å². The average molecular weight is 406 g/mol. The molecule has 1 aliphatic rings. The zero-order valence-electron chi connectivity index (χ0n) is 14.3. The maximum atomic E-state index is 14.8. The molecule has 1 aliphatic heterocycles. The molecule has 28 heavy (non-hydrogen) atoms. The molecule has 1 saturated heterocycles. The quantitative estimate of drug-likeness (QED) is 0.706. The van der Waals surface area contributed by atoms with E-state index in [2.05, 4.69) is 0 Å². The van der Waals surface area contributed by atoms with Gasteiger partial charge in [0.2, 0.25) is 0 Å². The first-order chi connectivity index (χ1) is 13.3. The Morgan fingerprint density at radius 2 is 2.00 bits per heavy atom. The minimum atomic E-state index is -4.25. The highest BCUT2D eigenvalue weighted by Crippen LogP contribution is 2.36. The Morgan fingerprint density at radius 1 is 1.29 bits per heavy atom. The van der Waals surface area contributed by atoms with Crippen molar-refractivity contribution in [1.82, 2.24) is 4.72 Å². The number of nitrogens with zero attached hydrogens (tertiary/aromatic N) is 1. The lowest BCUT2D eigenvalue weighted by atomic mass is 10.1. The summed E-state index contributed by atoms with van der Waals surface area (Å²) < 4.78 is 47.0. The molecule has 0 aliphatic carbocycles. The number of carboxylic acids is 1. The number of carbonyl (C=O) groups is 2. The topological polar surface area (TPSA) is 113 Å². The van der Waals surface area contributed by atoms with Crippen LogP contribution in [0.4, 0.5) is 10.1 Å². The van der Waals surface area contributed by atoms with Crippen molar-refractivity contribution >= 4 is 33.8 Å². The van der Waals surface area contributed by atoms with Crippen LogP contribution < -0.4 is 13.8 Å². The molecular formula is C18H15FN2O6S. The number of carbonyl (C=O) groups excluding carboxylic acids is 1. The molecule has 0 aromatic heterocycles. The summed E-state index contributed by atoms with van der Waals surface area (Å²) in [6, 6.07) is 11.2. The van der Waals surface area contributed by atoms with Gasteiger partial charge in [-0.15, -0.1) is 0 Å². The predicted octanol–water partition coefficient (Wildman–Crippen LogP) is 1.68. The minimum absolute atomic E-state index is 0.00857. The van der Waals surface area contributed by atoms with Crippen molar-refractivity contribution in [2.75, 3.05) is 10.8 Å². The number of aliphatic carboxylic acids is 1. The van der Waals surface area contributed by atoms with Gasteiger partial charge in [-0.05, 0) is 29.3 Å². The molecule has 10 heteroatoms. The van der Waals surface area contributed by atoms with Crippen molar-refractivity contribution in [2.24, 2.45) is 0 Å².